The summed E-state index contributed by atoms with van der Waals surface area (Å²) in [5.74, 6) is -1.79. The molecule has 0 radical (unpaired) electrons. The summed E-state index contributed by atoms with van der Waals surface area (Å²) in [6.45, 7) is 0. The van der Waals surface area contributed by atoms with Gasteiger partial charge < -0.3 is 10.4 Å². The van der Waals surface area contributed by atoms with Crippen LogP contribution in [0.4, 0.5) is 18.2 Å². The van der Waals surface area contributed by atoms with Crippen molar-refractivity contribution >= 4 is 40.0 Å². The van der Waals surface area contributed by atoms with Crippen LogP contribution < -0.4 is 5.32 Å². The first-order valence-corrected chi connectivity index (χ1v) is 9.46. The van der Waals surface area contributed by atoms with Crippen molar-refractivity contribution in [2.45, 2.75) is 10.4 Å². The summed E-state index contributed by atoms with van der Waals surface area (Å²) in [5, 5.41) is 12.1. The van der Waals surface area contributed by atoms with Gasteiger partial charge in [0.1, 0.15) is 5.00 Å². The van der Waals surface area contributed by atoms with Gasteiger partial charge in [0.25, 0.3) is 5.91 Å². The van der Waals surface area contributed by atoms with Crippen LogP contribution in [0.25, 0.3) is 10.4 Å². The Hall–Kier alpha value is -2.78. The Bertz CT molecular complexity index is 1000. The van der Waals surface area contributed by atoms with Crippen LogP contribution in [0.2, 0.25) is 0 Å². The number of benzene rings is 2. The number of halogens is 3. The van der Waals surface area contributed by atoms with Crippen molar-refractivity contribution < 1.29 is 27.9 Å². The molecule has 2 aromatic carbocycles. The maximum Gasteiger partial charge on any atom is 0.446 e. The van der Waals surface area contributed by atoms with E-state index >= 15 is 0 Å². The number of thiophene rings is 1. The Morgan fingerprint density at radius 1 is 1.00 bits per heavy atom. The normalized spacial score (nSPS) is 11.2. The van der Waals surface area contributed by atoms with E-state index in [4.69, 9.17) is 0 Å². The third-order valence-electron chi connectivity index (χ3n) is 3.60. The molecule has 28 heavy (non-hydrogen) atoms. The summed E-state index contributed by atoms with van der Waals surface area (Å²) in [6, 6.07) is 15.5. The van der Waals surface area contributed by atoms with E-state index < -0.39 is 17.4 Å². The quantitative estimate of drug-likeness (QED) is 0.496. The molecule has 0 atom stereocenters. The van der Waals surface area contributed by atoms with E-state index in [9.17, 15) is 27.9 Å². The predicted molar refractivity (Wildman–Crippen MR) is 103 cm³/mol. The zero-order valence-electron chi connectivity index (χ0n) is 14.0. The van der Waals surface area contributed by atoms with Gasteiger partial charge in [-0.2, -0.15) is 13.2 Å². The van der Waals surface area contributed by atoms with Gasteiger partial charge in [-0.3, -0.25) is 4.79 Å². The van der Waals surface area contributed by atoms with Crippen LogP contribution >= 0.6 is 23.1 Å². The number of thioether (sulfide) groups is 1. The van der Waals surface area contributed by atoms with Gasteiger partial charge in [0, 0.05) is 15.3 Å². The predicted octanol–water partition coefficient (Wildman–Crippen LogP) is 5.98. The fraction of sp³-hybridized carbons (Fsp3) is 0.0526. The van der Waals surface area contributed by atoms with Crippen molar-refractivity contribution in [1.82, 2.24) is 0 Å². The van der Waals surface area contributed by atoms with Crippen LogP contribution in [0.5, 0.6) is 0 Å². The number of alkyl halides is 3. The van der Waals surface area contributed by atoms with Crippen LogP contribution in [0, 0.1) is 0 Å². The van der Waals surface area contributed by atoms with Gasteiger partial charge in [0.05, 0.1) is 5.56 Å². The SMILES string of the molecule is O=C(Nc1sc(-c2ccccc2)cc1C(=O)O)c1ccc(SC(F)(F)F)cc1. The van der Waals surface area contributed by atoms with Gasteiger partial charge in [-0.1, -0.05) is 30.3 Å². The van der Waals surface area contributed by atoms with Gasteiger partial charge in [0.2, 0.25) is 0 Å². The minimum absolute atomic E-state index is 0.0437. The molecular weight excluding hydrogens is 411 g/mol. The van der Waals surface area contributed by atoms with Crippen LogP contribution in [-0.4, -0.2) is 22.5 Å². The van der Waals surface area contributed by atoms with E-state index in [1.807, 2.05) is 30.3 Å². The molecule has 1 heterocycles. The topological polar surface area (TPSA) is 66.4 Å². The highest BCUT2D eigenvalue weighted by Crippen LogP contribution is 2.37. The Kier molecular flexibility index (Phi) is 5.76. The van der Waals surface area contributed by atoms with Crippen LogP contribution in [-0.2, 0) is 0 Å². The van der Waals surface area contributed by atoms with E-state index in [1.54, 1.807) is 0 Å². The third-order valence-corrected chi connectivity index (χ3v) is 5.44. The lowest BCUT2D eigenvalue weighted by atomic mass is 10.1. The number of nitrogens with one attached hydrogen (secondary N) is 1. The lowest BCUT2D eigenvalue weighted by Gasteiger charge is -2.07. The molecule has 4 nitrogen and oxygen atoms in total. The Balaban J connectivity index is 1.82. The highest BCUT2D eigenvalue weighted by Gasteiger charge is 2.29. The number of aromatic carboxylic acids is 1. The molecule has 0 saturated heterocycles. The highest BCUT2D eigenvalue weighted by molar-refractivity contribution is 8.00. The van der Waals surface area contributed by atoms with Crippen molar-refractivity contribution in [3.8, 4) is 10.4 Å². The monoisotopic (exact) mass is 423 g/mol. The lowest BCUT2D eigenvalue weighted by molar-refractivity contribution is -0.0328. The van der Waals surface area contributed by atoms with Crippen LogP contribution in [0.1, 0.15) is 20.7 Å². The molecule has 0 aliphatic carbocycles. The molecule has 0 aliphatic rings. The minimum Gasteiger partial charge on any atom is -0.478 e. The minimum atomic E-state index is -4.41. The third kappa shape index (κ3) is 4.93. The average Bonchev–Trinajstić information content (AvgIpc) is 3.06. The smallest absolute Gasteiger partial charge is 0.446 e. The zero-order chi connectivity index (χ0) is 20.3. The summed E-state index contributed by atoms with van der Waals surface area (Å²) in [4.78, 5) is 24.5. The van der Waals surface area contributed by atoms with E-state index in [1.165, 1.54) is 30.3 Å². The molecular formula is C19H12F3NO3S2. The molecule has 0 saturated carbocycles. The summed E-state index contributed by atoms with van der Waals surface area (Å²) in [6.07, 6.45) is 0. The maximum atomic E-state index is 12.4. The second-order valence-electron chi connectivity index (χ2n) is 5.55. The maximum absolute atomic E-state index is 12.4. The number of carbonyl (C=O) groups excluding carboxylic acids is 1. The fourth-order valence-corrected chi connectivity index (χ4v) is 3.96. The van der Waals surface area contributed by atoms with Crippen molar-refractivity contribution in [2.75, 3.05) is 5.32 Å². The summed E-state index contributed by atoms with van der Waals surface area (Å²) in [7, 11) is 0. The molecule has 144 valence electrons. The molecule has 9 heteroatoms. The second-order valence-corrected chi connectivity index (χ2v) is 7.74. The van der Waals surface area contributed by atoms with Gasteiger partial charge >= 0.3 is 11.5 Å². The zero-order valence-corrected chi connectivity index (χ0v) is 15.6. The van der Waals surface area contributed by atoms with E-state index in [2.05, 4.69) is 5.32 Å². The highest BCUT2D eigenvalue weighted by atomic mass is 32.2. The van der Waals surface area contributed by atoms with Gasteiger partial charge in [0.15, 0.2) is 0 Å². The van der Waals surface area contributed by atoms with Crippen molar-refractivity contribution in [1.29, 1.82) is 0 Å². The number of hydrogen-bond acceptors (Lipinski definition) is 4. The molecule has 0 bridgehead atoms. The molecule has 0 unspecified atom stereocenters. The fourth-order valence-electron chi connectivity index (χ4n) is 2.37. The summed E-state index contributed by atoms with van der Waals surface area (Å²) < 4.78 is 37.1. The summed E-state index contributed by atoms with van der Waals surface area (Å²) in [5.41, 5.74) is -3.53. The van der Waals surface area contributed by atoms with Crippen molar-refractivity contribution in [2.24, 2.45) is 0 Å². The lowest BCUT2D eigenvalue weighted by Crippen LogP contribution is -2.13. The largest absolute Gasteiger partial charge is 0.478 e. The number of anilines is 1. The number of carbonyl (C=O) groups is 2. The van der Waals surface area contributed by atoms with Gasteiger partial charge in [-0.05, 0) is 47.7 Å². The summed E-state index contributed by atoms with van der Waals surface area (Å²) >= 11 is 0.834. The van der Waals surface area contributed by atoms with Crippen molar-refractivity contribution in [3.63, 3.8) is 0 Å². The van der Waals surface area contributed by atoms with E-state index in [0.29, 0.717) is 4.88 Å². The van der Waals surface area contributed by atoms with Crippen LogP contribution in [0.3, 0.4) is 0 Å². The molecule has 0 spiro atoms. The first-order valence-electron chi connectivity index (χ1n) is 7.82. The molecule has 3 aromatic rings. The molecule has 1 aromatic heterocycles. The standard InChI is InChI=1S/C19H12F3NO3S2/c20-19(21,22)28-13-8-6-12(7-9-13)16(24)23-17-14(18(25)26)10-15(27-17)11-4-2-1-3-5-11/h1-10H,(H,23,24)(H,25,26). The van der Waals surface area contributed by atoms with Gasteiger partial charge in [-0.25, -0.2) is 4.79 Å². The molecule has 2 N–H and O–H groups in total. The molecule has 0 fully saturated rings. The molecule has 3 rings (SSSR count). The molecule has 1 amide bonds. The number of amides is 1. The second kappa shape index (κ2) is 8.07. The van der Waals surface area contributed by atoms with Crippen LogP contribution in [0.15, 0.2) is 65.6 Å². The molecule has 0 aliphatic heterocycles. The average molecular weight is 423 g/mol. The number of rotatable bonds is 5. The Morgan fingerprint density at radius 2 is 1.64 bits per heavy atom. The first kappa shape index (κ1) is 20.0. The van der Waals surface area contributed by atoms with E-state index in [-0.39, 0.29) is 32.8 Å². The van der Waals surface area contributed by atoms with Gasteiger partial charge in [-0.15, -0.1) is 11.3 Å². The number of hydrogen-bond donors (Lipinski definition) is 2. The van der Waals surface area contributed by atoms with Crippen molar-refractivity contribution in [3.05, 3.63) is 71.8 Å². The number of carboxylic acids is 1. The van der Waals surface area contributed by atoms with E-state index in [0.717, 1.165) is 16.9 Å². The Morgan fingerprint density at radius 3 is 2.21 bits per heavy atom. The number of carboxylic acid groups (broad SMARTS) is 1. The first-order chi connectivity index (χ1) is 13.2. The Labute approximate surface area is 166 Å².